The van der Waals surface area contributed by atoms with Crippen LogP contribution in [-0.4, -0.2) is 29.0 Å². The monoisotopic (exact) mass is 225 g/mol. The van der Waals surface area contributed by atoms with Crippen molar-refractivity contribution in [3.8, 4) is 0 Å². The van der Waals surface area contributed by atoms with Gasteiger partial charge in [-0.25, -0.2) is 4.98 Å². The molecule has 0 radical (unpaired) electrons. The molecular formula is C11H19N3S. The lowest BCUT2D eigenvalue weighted by Gasteiger charge is -2.29. The van der Waals surface area contributed by atoms with E-state index in [9.17, 15) is 0 Å². The number of piperidine rings is 1. The van der Waals surface area contributed by atoms with Crippen molar-refractivity contribution < 1.29 is 0 Å². The molecule has 4 heteroatoms. The van der Waals surface area contributed by atoms with Gasteiger partial charge in [-0.1, -0.05) is 6.92 Å². The second kappa shape index (κ2) is 5.05. The van der Waals surface area contributed by atoms with E-state index in [-0.39, 0.29) is 0 Å². The number of hydrogen-bond donors (Lipinski definition) is 1. The van der Waals surface area contributed by atoms with E-state index < -0.39 is 0 Å². The lowest BCUT2D eigenvalue weighted by atomic mass is 10.1. The molecule has 2 heterocycles. The molecule has 1 saturated heterocycles. The van der Waals surface area contributed by atoms with E-state index in [1.54, 1.807) is 11.3 Å². The van der Waals surface area contributed by atoms with Gasteiger partial charge in [-0.2, -0.15) is 0 Å². The van der Waals surface area contributed by atoms with Crippen molar-refractivity contribution in [3.05, 3.63) is 16.1 Å². The quantitative estimate of drug-likeness (QED) is 0.850. The van der Waals surface area contributed by atoms with Crippen molar-refractivity contribution in [2.24, 2.45) is 5.73 Å². The smallest absolute Gasteiger partial charge is 0.107 e. The van der Waals surface area contributed by atoms with Gasteiger partial charge >= 0.3 is 0 Å². The Labute approximate surface area is 95.3 Å². The zero-order valence-electron chi connectivity index (χ0n) is 9.28. The van der Waals surface area contributed by atoms with Gasteiger partial charge in [-0.15, -0.1) is 11.3 Å². The largest absolute Gasteiger partial charge is 0.328 e. The maximum atomic E-state index is 5.88. The van der Waals surface area contributed by atoms with Crippen LogP contribution in [0.4, 0.5) is 0 Å². The zero-order valence-corrected chi connectivity index (χ0v) is 10.1. The second-order valence-corrected chi connectivity index (χ2v) is 5.14. The lowest BCUT2D eigenvalue weighted by Crippen LogP contribution is -2.39. The molecule has 1 fully saturated rings. The van der Waals surface area contributed by atoms with Crippen molar-refractivity contribution in [2.75, 3.05) is 13.1 Å². The molecule has 84 valence electrons. The van der Waals surface area contributed by atoms with Crippen LogP contribution >= 0.6 is 11.3 Å². The van der Waals surface area contributed by atoms with Crippen LogP contribution in [0.1, 0.15) is 30.5 Å². The van der Waals surface area contributed by atoms with Gasteiger partial charge in [0.1, 0.15) is 5.01 Å². The van der Waals surface area contributed by atoms with Crippen LogP contribution in [0.3, 0.4) is 0 Å². The Kier molecular flexibility index (Phi) is 3.72. The number of nitrogens with zero attached hydrogens (tertiary/aromatic N) is 2. The summed E-state index contributed by atoms with van der Waals surface area (Å²) < 4.78 is 0. The second-order valence-electron chi connectivity index (χ2n) is 4.20. The molecular weight excluding hydrogens is 206 g/mol. The fraction of sp³-hybridized carbons (Fsp3) is 0.727. The predicted octanol–water partition coefficient (Wildman–Crippen LogP) is 1.63. The van der Waals surface area contributed by atoms with Crippen molar-refractivity contribution in [3.63, 3.8) is 0 Å². The number of hydrogen-bond acceptors (Lipinski definition) is 4. The molecule has 0 saturated carbocycles. The van der Waals surface area contributed by atoms with Crippen LogP contribution in [0.2, 0.25) is 0 Å². The molecule has 0 spiro atoms. The molecule has 0 unspecified atom stereocenters. The third-order valence-corrected chi connectivity index (χ3v) is 3.84. The number of thiazole rings is 1. The van der Waals surface area contributed by atoms with E-state index in [1.807, 2.05) is 0 Å². The first-order valence-corrected chi connectivity index (χ1v) is 6.57. The van der Waals surface area contributed by atoms with Crippen LogP contribution in [0.25, 0.3) is 0 Å². The number of likely N-dealkylation sites (tertiary alicyclic amines) is 1. The maximum Gasteiger partial charge on any atom is 0.107 e. The number of rotatable bonds is 3. The summed E-state index contributed by atoms with van der Waals surface area (Å²) in [5.41, 5.74) is 7.10. The summed E-state index contributed by atoms with van der Waals surface area (Å²) in [6.45, 7) is 5.42. The van der Waals surface area contributed by atoms with Crippen molar-refractivity contribution >= 4 is 11.3 Å². The molecule has 1 aliphatic heterocycles. The molecule has 15 heavy (non-hydrogen) atoms. The van der Waals surface area contributed by atoms with Gasteiger partial charge in [0.25, 0.3) is 0 Å². The summed E-state index contributed by atoms with van der Waals surface area (Å²) in [6.07, 6.45) is 3.30. The van der Waals surface area contributed by atoms with Crippen molar-refractivity contribution in [1.29, 1.82) is 0 Å². The third-order valence-electron chi connectivity index (χ3n) is 2.95. The first-order chi connectivity index (χ1) is 7.28. The van der Waals surface area contributed by atoms with Gasteiger partial charge in [0.05, 0.1) is 12.2 Å². The molecule has 2 rings (SSSR count). The topological polar surface area (TPSA) is 42.1 Å². The van der Waals surface area contributed by atoms with Gasteiger partial charge in [0.15, 0.2) is 0 Å². The summed E-state index contributed by atoms with van der Waals surface area (Å²) in [4.78, 5) is 7.05. The minimum absolute atomic E-state index is 0.420. The molecule has 1 aromatic rings. The minimum atomic E-state index is 0.420. The van der Waals surface area contributed by atoms with E-state index in [2.05, 4.69) is 22.2 Å². The maximum absolute atomic E-state index is 5.88. The SMILES string of the molecule is CCc1csc(CN2CCC(N)CC2)n1. The summed E-state index contributed by atoms with van der Waals surface area (Å²) in [5.74, 6) is 0. The van der Waals surface area contributed by atoms with E-state index >= 15 is 0 Å². The number of aryl methyl sites for hydroxylation is 1. The standard InChI is InChI=1S/C11H19N3S/c1-2-10-8-15-11(13-10)7-14-5-3-9(12)4-6-14/h8-9H,2-7,12H2,1H3. The number of aromatic nitrogens is 1. The number of nitrogens with two attached hydrogens (primary N) is 1. The lowest BCUT2D eigenvalue weighted by molar-refractivity contribution is 0.205. The van der Waals surface area contributed by atoms with Gasteiger partial charge in [0.2, 0.25) is 0 Å². The fourth-order valence-corrected chi connectivity index (χ4v) is 2.80. The average molecular weight is 225 g/mol. The highest BCUT2D eigenvalue weighted by molar-refractivity contribution is 7.09. The molecule has 3 nitrogen and oxygen atoms in total. The van der Waals surface area contributed by atoms with Crippen LogP contribution in [0.15, 0.2) is 5.38 Å². The highest BCUT2D eigenvalue weighted by Gasteiger charge is 2.16. The van der Waals surface area contributed by atoms with Crippen LogP contribution < -0.4 is 5.73 Å². The molecule has 0 atom stereocenters. The van der Waals surface area contributed by atoms with E-state index in [0.717, 1.165) is 38.9 Å². The normalized spacial score (nSPS) is 19.6. The molecule has 0 aliphatic carbocycles. The van der Waals surface area contributed by atoms with Gasteiger partial charge in [-0.3, -0.25) is 4.90 Å². The Morgan fingerprint density at radius 2 is 2.27 bits per heavy atom. The predicted molar refractivity (Wildman–Crippen MR) is 64.0 cm³/mol. The Morgan fingerprint density at radius 1 is 1.53 bits per heavy atom. The Morgan fingerprint density at radius 3 is 2.87 bits per heavy atom. The van der Waals surface area contributed by atoms with E-state index in [1.165, 1.54) is 10.7 Å². The molecule has 0 bridgehead atoms. The Bertz CT molecular complexity index is 303. The highest BCUT2D eigenvalue weighted by Crippen LogP contribution is 2.16. The van der Waals surface area contributed by atoms with E-state index in [0.29, 0.717) is 6.04 Å². The van der Waals surface area contributed by atoms with Crippen molar-refractivity contribution in [2.45, 2.75) is 38.8 Å². The van der Waals surface area contributed by atoms with E-state index in [4.69, 9.17) is 5.73 Å². The summed E-state index contributed by atoms with van der Waals surface area (Å²) >= 11 is 1.78. The van der Waals surface area contributed by atoms with Gasteiger partial charge in [0, 0.05) is 24.5 Å². The Balaban J connectivity index is 1.86. The summed E-state index contributed by atoms with van der Waals surface area (Å²) in [6, 6.07) is 0.420. The molecule has 2 N–H and O–H groups in total. The van der Waals surface area contributed by atoms with Crippen LogP contribution in [0, 0.1) is 0 Å². The molecule has 0 amide bonds. The molecule has 1 aromatic heterocycles. The van der Waals surface area contributed by atoms with Crippen LogP contribution in [0.5, 0.6) is 0 Å². The summed E-state index contributed by atoms with van der Waals surface area (Å²) in [7, 11) is 0. The minimum Gasteiger partial charge on any atom is -0.328 e. The molecule has 1 aliphatic rings. The zero-order chi connectivity index (χ0) is 10.7. The average Bonchev–Trinajstić information content (AvgIpc) is 2.69. The van der Waals surface area contributed by atoms with Gasteiger partial charge < -0.3 is 5.73 Å². The van der Waals surface area contributed by atoms with Crippen LogP contribution in [-0.2, 0) is 13.0 Å². The summed E-state index contributed by atoms with van der Waals surface area (Å²) in [5, 5.41) is 3.42. The van der Waals surface area contributed by atoms with Crippen molar-refractivity contribution in [1.82, 2.24) is 9.88 Å². The first-order valence-electron chi connectivity index (χ1n) is 5.69. The fourth-order valence-electron chi connectivity index (χ4n) is 1.89. The van der Waals surface area contributed by atoms with Gasteiger partial charge in [-0.05, 0) is 19.3 Å². The first kappa shape index (κ1) is 11.0. The highest BCUT2D eigenvalue weighted by atomic mass is 32.1. The third kappa shape index (κ3) is 3.00. The Hall–Kier alpha value is -0.450. The molecule has 0 aromatic carbocycles.